The molecule has 0 saturated heterocycles. The minimum Gasteiger partial charge on any atom is -0.310 e. The van der Waals surface area contributed by atoms with Gasteiger partial charge >= 0.3 is 0 Å². The molecule has 0 aliphatic carbocycles. The molecule has 0 fully saturated rings. The summed E-state index contributed by atoms with van der Waals surface area (Å²) in [5.41, 5.74) is 4.08. The second-order valence-corrected chi connectivity index (χ2v) is 5.39. The lowest BCUT2D eigenvalue weighted by molar-refractivity contribution is 0.540. The van der Waals surface area contributed by atoms with Crippen LogP contribution in [0.3, 0.4) is 0 Å². The Bertz CT molecular complexity index is 582. The van der Waals surface area contributed by atoms with Crippen LogP contribution >= 0.6 is 0 Å². The highest BCUT2D eigenvalue weighted by Crippen LogP contribution is 2.26. The second-order valence-electron chi connectivity index (χ2n) is 5.39. The maximum absolute atomic E-state index is 13.5. The Kier molecular flexibility index (Phi) is 5.07. The quantitative estimate of drug-likeness (QED) is 0.856. The van der Waals surface area contributed by atoms with Crippen LogP contribution in [-0.4, -0.2) is 6.54 Å². The van der Waals surface area contributed by atoms with Gasteiger partial charge in [-0.1, -0.05) is 19.1 Å². The summed E-state index contributed by atoms with van der Waals surface area (Å²) in [6, 6.07) is 9.78. The van der Waals surface area contributed by atoms with E-state index in [0.29, 0.717) is 0 Å². The Hall–Kier alpha value is -1.74. The number of hydrogen-bond acceptors (Lipinski definition) is 1. The first-order valence-electron chi connectivity index (χ1n) is 7.25. The molecule has 0 aliphatic rings. The van der Waals surface area contributed by atoms with Crippen LogP contribution in [0.15, 0.2) is 36.4 Å². The van der Waals surface area contributed by atoms with Gasteiger partial charge in [-0.05, 0) is 73.3 Å². The summed E-state index contributed by atoms with van der Waals surface area (Å²) in [5, 5.41) is 3.45. The number of aryl methyl sites for hydroxylation is 2. The smallest absolute Gasteiger partial charge is 0.123 e. The molecule has 0 radical (unpaired) electrons. The fourth-order valence-corrected chi connectivity index (χ4v) is 2.85. The van der Waals surface area contributed by atoms with Gasteiger partial charge in [0.1, 0.15) is 11.6 Å². The van der Waals surface area contributed by atoms with E-state index in [2.05, 4.69) is 5.32 Å². The standard InChI is InChI=1S/C18H21F2N/c1-4-21-17(11-14-5-7-15(19)8-6-14)18-12(2)9-16(20)10-13(18)3/h5-10,17,21H,4,11H2,1-3H3. The highest BCUT2D eigenvalue weighted by atomic mass is 19.1. The Labute approximate surface area is 125 Å². The number of nitrogens with one attached hydrogen (secondary N) is 1. The van der Waals surface area contributed by atoms with Crippen molar-refractivity contribution in [2.24, 2.45) is 0 Å². The molecule has 0 saturated carbocycles. The van der Waals surface area contributed by atoms with Crippen molar-refractivity contribution in [1.29, 1.82) is 0 Å². The van der Waals surface area contributed by atoms with Gasteiger partial charge in [-0.15, -0.1) is 0 Å². The van der Waals surface area contributed by atoms with Crippen LogP contribution in [0.2, 0.25) is 0 Å². The van der Waals surface area contributed by atoms with Gasteiger partial charge in [0.25, 0.3) is 0 Å². The first-order valence-corrected chi connectivity index (χ1v) is 7.25. The third kappa shape index (κ3) is 3.88. The molecule has 0 spiro atoms. The fourth-order valence-electron chi connectivity index (χ4n) is 2.85. The van der Waals surface area contributed by atoms with Gasteiger partial charge in [-0.3, -0.25) is 0 Å². The molecule has 0 heterocycles. The van der Waals surface area contributed by atoms with Gasteiger partial charge in [0.2, 0.25) is 0 Å². The molecule has 3 heteroatoms. The van der Waals surface area contributed by atoms with Crippen LogP contribution in [0.4, 0.5) is 8.78 Å². The van der Waals surface area contributed by atoms with Crippen LogP contribution in [0.25, 0.3) is 0 Å². The van der Waals surface area contributed by atoms with Gasteiger partial charge in [0.15, 0.2) is 0 Å². The van der Waals surface area contributed by atoms with Crippen LogP contribution in [0, 0.1) is 25.5 Å². The lowest BCUT2D eigenvalue weighted by Gasteiger charge is -2.23. The van der Waals surface area contributed by atoms with Crippen molar-refractivity contribution < 1.29 is 8.78 Å². The third-order valence-corrected chi connectivity index (χ3v) is 3.71. The van der Waals surface area contributed by atoms with Crippen LogP contribution in [-0.2, 0) is 6.42 Å². The minimum atomic E-state index is -0.229. The molecule has 0 bridgehead atoms. The molecule has 0 aliphatic heterocycles. The molecule has 1 N–H and O–H groups in total. The average molecular weight is 289 g/mol. The summed E-state index contributed by atoms with van der Waals surface area (Å²) < 4.78 is 26.5. The Morgan fingerprint density at radius 3 is 2.05 bits per heavy atom. The second kappa shape index (κ2) is 6.81. The molecule has 1 atom stereocenters. The van der Waals surface area contributed by atoms with Crippen LogP contribution in [0.1, 0.15) is 35.2 Å². The normalized spacial score (nSPS) is 12.4. The predicted molar refractivity (Wildman–Crippen MR) is 82.4 cm³/mol. The zero-order valence-corrected chi connectivity index (χ0v) is 12.7. The molecule has 0 amide bonds. The monoisotopic (exact) mass is 289 g/mol. The topological polar surface area (TPSA) is 12.0 Å². The molecule has 21 heavy (non-hydrogen) atoms. The third-order valence-electron chi connectivity index (χ3n) is 3.71. The number of benzene rings is 2. The summed E-state index contributed by atoms with van der Waals surface area (Å²) in [5.74, 6) is -0.432. The first kappa shape index (κ1) is 15.6. The van der Waals surface area contributed by atoms with Crippen molar-refractivity contribution >= 4 is 0 Å². The summed E-state index contributed by atoms with van der Waals surface area (Å²) >= 11 is 0. The zero-order chi connectivity index (χ0) is 15.4. The maximum Gasteiger partial charge on any atom is 0.123 e. The Morgan fingerprint density at radius 1 is 0.952 bits per heavy atom. The molecular formula is C18H21F2N. The van der Waals surface area contributed by atoms with Crippen molar-refractivity contribution in [2.45, 2.75) is 33.2 Å². The predicted octanol–water partition coefficient (Wildman–Crippen LogP) is 4.47. The molecule has 1 unspecified atom stereocenters. The summed E-state index contributed by atoms with van der Waals surface area (Å²) in [6.07, 6.45) is 0.751. The number of likely N-dealkylation sites (N-methyl/N-ethyl adjacent to an activating group) is 1. The van der Waals surface area contributed by atoms with E-state index in [9.17, 15) is 8.78 Å². The van der Waals surface area contributed by atoms with E-state index in [1.165, 1.54) is 12.1 Å². The van der Waals surface area contributed by atoms with E-state index in [-0.39, 0.29) is 17.7 Å². The highest BCUT2D eigenvalue weighted by molar-refractivity contribution is 5.38. The molecule has 2 aromatic carbocycles. The number of halogens is 2. The van der Waals surface area contributed by atoms with Gasteiger partial charge in [-0.2, -0.15) is 0 Å². The lowest BCUT2D eigenvalue weighted by atomic mass is 9.91. The van der Waals surface area contributed by atoms with Crippen LogP contribution in [0.5, 0.6) is 0 Å². The summed E-state index contributed by atoms with van der Waals surface area (Å²) in [7, 11) is 0. The van der Waals surface area contributed by atoms with Gasteiger partial charge in [0, 0.05) is 6.04 Å². The minimum absolute atomic E-state index is 0.0982. The van der Waals surface area contributed by atoms with Crippen molar-refractivity contribution in [3.63, 3.8) is 0 Å². The van der Waals surface area contributed by atoms with Crippen LogP contribution < -0.4 is 5.32 Å². The summed E-state index contributed by atoms with van der Waals surface area (Å²) in [6.45, 7) is 6.73. The highest BCUT2D eigenvalue weighted by Gasteiger charge is 2.17. The molecular weight excluding hydrogens is 268 g/mol. The van der Waals surface area contributed by atoms with E-state index in [4.69, 9.17) is 0 Å². The Balaban J connectivity index is 2.33. The molecule has 1 nitrogen and oxygen atoms in total. The van der Waals surface area contributed by atoms with Gasteiger partial charge < -0.3 is 5.32 Å². The molecule has 112 valence electrons. The molecule has 2 rings (SSSR count). The van der Waals surface area contributed by atoms with E-state index in [1.54, 1.807) is 24.3 Å². The van der Waals surface area contributed by atoms with Gasteiger partial charge in [-0.25, -0.2) is 8.78 Å². The molecule has 2 aromatic rings. The van der Waals surface area contributed by atoms with Crippen molar-refractivity contribution in [3.05, 3.63) is 70.3 Å². The fraction of sp³-hybridized carbons (Fsp3) is 0.333. The average Bonchev–Trinajstić information content (AvgIpc) is 2.40. The molecule has 0 aromatic heterocycles. The van der Waals surface area contributed by atoms with E-state index >= 15 is 0 Å². The van der Waals surface area contributed by atoms with Gasteiger partial charge in [0.05, 0.1) is 0 Å². The van der Waals surface area contributed by atoms with E-state index in [0.717, 1.165) is 35.2 Å². The SMILES string of the molecule is CCNC(Cc1ccc(F)cc1)c1c(C)cc(F)cc1C. The first-order chi connectivity index (χ1) is 10.0. The number of rotatable bonds is 5. The van der Waals surface area contributed by atoms with Crippen molar-refractivity contribution in [1.82, 2.24) is 5.32 Å². The Morgan fingerprint density at radius 2 is 1.52 bits per heavy atom. The largest absolute Gasteiger partial charge is 0.310 e. The maximum atomic E-state index is 13.5. The summed E-state index contributed by atoms with van der Waals surface area (Å²) in [4.78, 5) is 0. The van der Waals surface area contributed by atoms with E-state index in [1.807, 2.05) is 20.8 Å². The lowest BCUT2D eigenvalue weighted by Crippen LogP contribution is -2.24. The zero-order valence-electron chi connectivity index (χ0n) is 12.7. The van der Waals surface area contributed by atoms with E-state index < -0.39 is 0 Å². The van der Waals surface area contributed by atoms with Crippen molar-refractivity contribution in [3.8, 4) is 0 Å². The van der Waals surface area contributed by atoms with Crippen molar-refractivity contribution in [2.75, 3.05) is 6.54 Å². The number of hydrogen-bond donors (Lipinski definition) is 1.